The van der Waals surface area contributed by atoms with Gasteiger partial charge >= 0.3 is 0 Å². The van der Waals surface area contributed by atoms with Crippen LogP contribution in [0.4, 0.5) is 10.1 Å². The number of halogens is 1. The van der Waals surface area contributed by atoms with Crippen molar-refractivity contribution in [2.45, 2.75) is 13.3 Å². The molecule has 0 bridgehead atoms. The van der Waals surface area contributed by atoms with E-state index in [4.69, 9.17) is 4.42 Å². The number of piperazine rings is 1. The molecule has 2 heterocycles. The molecule has 1 aliphatic rings. The van der Waals surface area contributed by atoms with Crippen molar-refractivity contribution < 1.29 is 13.6 Å². The monoisotopic (exact) mass is 304 g/mol. The van der Waals surface area contributed by atoms with Crippen LogP contribution in [0.1, 0.15) is 11.8 Å². The van der Waals surface area contributed by atoms with Gasteiger partial charge < -0.3 is 14.2 Å². The predicted molar refractivity (Wildman–Crippen MR) is 77.9 cm³/mol. The zero-order valence-electron chi connectivity index (χ0n) is 12.3. The molecule has 1 aromatic carbocycles. The number of benzene rings is 1. The minimum atomic E-state index is -0.233. The van der Waals surface area contributed by atoms with Gasteiger partial charge in [0.1, 0.15) is 12.2 Å². The first kappa shape index (κ1) is 14.5. The summed E-state index contributed by atoms with van der Waals surface area (Å²) in [6.45, 7) is 4.01. The number of para-hydroxylation sites is 1. The molecule has 3 rings (SSSR count). The molecule has 22 heavy (non-hydrogen) atoms. The van der Waals surface area contributed by atoms with Crippen LogP contribution in [0.2, 0.25) is 0 Å². The van der Waals surface area contributed by atoms with Crippen LogP contribution < -0.4 is 4.90 Å². The van der Waals surface area contributed by atoms with E-state index in [1.807, 2.05) is 11.0 Å². The van der Waals surface area contributed by atoms with Crippen molar-refractivity contribution >= 4 is 11.6 Å². The Morgan fingerprint density at radius 3 is 2.59 bits per heavy atom. The molecule has 0 spiro atoms. The maximum absolute atomic E-state index is 13.8. The molecular formula is C15H17FN4O2. The number of hydrogen-bond acceptors (Lipinski definition) is 5. The molecule has 0 unspecified atom stereocenters. The molecule has 1 saturated heterocycles. The molecule has 0 aliphatic carbocycles. The second kappa shape index (κ2) is 6.13. The van der Waals surface area contributed by atoms with Crippen molar-refractivity contribution in [2.75, 3.05) is 31.1 Å². The van der Waals surface area contributed by atoms with E-state index in [-0.39, 0.29) is 18.1 Å². The Morgan fingerprint density at radius 1 is 1.23 bits per heavy atom. The summed E-state index contributed by atoms with van der Waals surface area (Å²) in [6, 6.07) is 6.69. The Balaban J connectivity index is 1.57. The van der Waals surface area contributed by atoms with Crippen LogP contribution in [-0.4, -0.2) is 47.2 Å². The number of hydrogen-bond donors (Lipinski definition) is 0. The van der Waals surface area contributed by atoms with E-state index in [0.717, 1.165) is 0 Å². The van der Waals surface area contributed by atoms with Crippen LogP contribution in [0.25, 0.3) is 0 Å². The van der Waals surface area contributed by atoms with E-state index in [0.29, 0.717) is 43.6 Å². The average molecular weight is 304 g/mol. The van der Waals surface area contributed by atoms with Gasteiger partial charge in [-0.05, 0) is 12.1 Å². The normalized spacial score (nSPS) is 15.2. The molecule has 0 radical (unpaired) electrons. The second-order valence-electron chi connectivity index (χ2n) is 5.21. The number of rotatable bonds is 3. The summed E-state index contributed by atoms with van der Waals surface area (Å²) >= 11 is 0. The van der Waals surface area contributed by atoms with Crippen LogP contribution in [0, 0.1) is 12.7 Å². The van der Waals surface area contributed by atoms with Crippen LogP contribution in [0.5, 0.6) is 0 Å². The predicted octanol–water partition coefficient (Wildman–Crippen LogP) is 1.41. The first-order valence-electron chi connectivity index (χ1n) is 7.20. The Bertz CT molecular complexity index is 665. The third kappa shape index (κ3) is 3.08. The van der Waals surface area contributed by atoms with Gasteiger partial charge in [-0.1, -0.05) is 12.1 Å². The molecule has 1 aromatic heterocycles. The third-order valence-corrected chi connectivity index (χ3v) is 3.70. The fraction of sp³-hybridized carbons (Fsp3) is 0.400. The van der Waals surface area contributed by atoms with Crippen molar-refractivity contribution in [1.29, 1.82) is 0 Å². The maximum atomic E-state index is 13.8. The smallest absolute Gasteiger partial charge is 0.232 e. The molecule has 0 atom stereocenters. The SMILES string of the molecule is Cc1nnc(CC(=O)N2CCN(c3ccccc3F)CC2)o1. The quantitative estimate of drug-likeness (QED) is 0.858. The number of carbonyl (C=O) groups is 1. The van der Waals surface area contributed by atoms with E-state index in [9.17, 15) is 9.18 Å². The molecule has 2 aromatic rings. The summed E-state index contributed by atoms with van der Waals surface area (Å²) in [7, 11) is 0. The molecular weight excluding hydrogens is 287 g/mol. The van der Waals surface area contributed by atoms with Crippen LogP contribution >= 0.6 is 0 Å². The Labute approximate surface area is 127 Å². The van der Waals surface area contributed by atoms with E-state index >= 15 is 0 Å². The molecule has 116 valence electrons. The number of aromatic nitrogens is 2. The van der Waals surface area contributed by atoms with Gasteiger partial charge in [0.2, 0.25) is 17.7 Å². The van der Waals surface area contributed by atoms with Crippen LogP contribution in [0.15, 0.2) is 28.7 Å². The minimum Gasteiger partial charge on any atom is -0.425 e. The largest absolute Gasteiger partial charge is 0.425 e. The number of aryl methyl sites for hydroxylation is 1. The van der Waals surface area contributed by atoms with Gasteiger partial charge in [0.25, 0.3) is 0 Å². The minimum absolute atomic E-state index is 0.0446. The molecule has 1 fully saturated rings. The first-order valence-corrected chi connectivity index (χ1v) is 7.20. The molecule has 1 aliphatic heterocycles. The van der Waals surface area contributed by atoms with E-state index in [2.05, 4.69) is 10.2 Å². The number of amides is 1. The fourth-order valence-electron chi connectivity index (χ4n) is 2.56. The highest BCUT2D eigenvalue weighted by Crippen LogP contribution is 2.20. The summed E-state index contributed by atoms with van der Waals surface area (Å²) in [5.41, 5.74) is 0.585. The lowest BCUT2D eigenvalue weighted by molar-refractivity contribution is -0.131. The summed E-state index contributed by atoms with van der Waals surface area (Å²) < 4.78 is 19.0. The molecule has 6 nitrogen and oxygen atoms in total. The van der Waals surface area contributed by atoms with Gasteiger partial charge in [-0.25, -0.2) is 4.39 Å². The van der Waals surface area contributed by atoms with E-state index in [1.54, 1.807) is 24.0 Å². The van der Waals surface area contributed by atoms with Gasteiger partial charge in [0.15, 0.2) is 0 Å². The lowest BCUT2D eigenvalue weighted by Crippen LogP contribution is -2.49. The standard InChI is InChI=1S/C15H17FN4O2/c1-11-17-18-14(22-11)10-15(21)20-8-6-19(7-9-20)13-5-3-2-4-12(13)16/h2-5H,6-10H2,1H3. The molecule has 0 N–H and O–H groups in total. The average Bonchev–Trinajstić information content (AvgIpc) is 2.93. The fourth-order valence-corrected chi connectivity index (χ4v) is 2.56. The number of nitrogens with zero attached hydrogens (tertiary/aromatic N) is 4. The molecule has 7 heteroatoms. The van der Waals surface area contributed by atoms with Gasteiger partial charge in [-0.15, -0.1) is 10.2 Å². The molecule has 0 saturated carbocycles. The van der Waals surface area contributed by atoms with Gasteiger partial charge in [0.05, 0.1) is 5.69 Å². The zero-order chi connectivity index (χ0) is 15.5. The summed E-state index contributed by atoms with van der Waals surface area (Å²) in [4.78, 5) is 15.9. The Hall–Kier alpha value is -2.44. The van der Waals surface area contributed by atoms with Gasteiger partial charge in [-0.2, -0.15) is 0 Å². The van der Waals surface area contributed by atoms with Crippen LogP contribution in [-0.2, 0) is 11.2 Å². The molecule has 1 amide bonds. The first-order chi connectivity index (χ1) is 10.6. The van der Waals surface area contributed by atoms with E-state index in [1.165, 1.54) is 6.07 Å². The van der Waals surface area contributed by atoms with Crippen molar-refractivity contribution in [2.24, 2.45) is 0 Å². The highest BCUT2D eigenvalue weighted by atomic mass is 19.1. The Morgan fingerprint density at radius 2 is 1.95 bits per heavy atom. The van der Waals surface area contributed by atoms with Crippen molar-refractivity contribution in [3.8, 4) is 0 Å². The van der Waals surface area contributed by atoms with Gasteiger partial charge in [0, 0.05) is 33.1 Å². The Kier molecular flexibility index (Phi) is 4.04. The maximum Gasteiger partial charge on any atom is 0.232 e. The second-order valence-corrected chi connectivity index (χ2v) is 5.21. The topological polar surface area (TPSA) is 62.5 Å². The summed E-state index contributed by atoms with van der Waals surface area (Å²) in [6.07, 6.45) is 0.112. The lowest BCUT2D eigenvalue weighted by Gasteiger charge is -2.36. The summed E-state index contributed by atoms with van der Waals surface area (Å²) in [5, 5.41) is 7.54. The highest BCUT2D eigenvalue weighted by molar-refractivity contribution is 5.78. The van der Waals surface area contributed by atoms with Crippen molar-refractivity contribution in [1.82, 2.24) is 15.1 Å². The number of anilines is 1. The van der Waals surface area contributed by atoms with Crippen molar-refractivity contribution in [3.05, 3.63) is 41.9 Å². The zero-order valence-corrected chi connectivity index (χ0v) is 12.3. The highest BCUT2D eigenvalue weighted by Gasteiger charge is 2.23. The lowest BCUT2D eigenvalue weighted by atomic mass is 10.2. The van der Waals surface area contributed by atoms with Crippen molar-refractivity contribution in [3.63, 3.8) is 0 Å². The van der Waals surface area contributed by atoms with Crippen LogP contribution in [0.3, 0.4) is 0 Å². The van der Waals surface area contributed by atoms with E-state index < -0.39 is 0 Å². The summed E-state index contributed by atoms with van der Waals surface area (Å²) in [5.74, 6) is 0.506. The number of carbonyl (C=O) groups excluding carboxylic acids is 1. The van der Waals surface area contributed by atoms with Gasteiger partial charge in [-0.3, -0.25) is 4.79 Å². The third-order valence-electron chi connectivity index (χ3n) is 3.70.